The Morgan fingerprint density at radius 1 is 1.42 bits per heavy atom. The van der Waals surface area contributed by atoms with Crippen LogP contribution in [0.25, 0.3) is 11.0 Å². The Kier molecular flexibility index (Phi) is 5.10. The molecule has 1 fully saturated rings. The number of fused-ring (bicyclic) bond motifs is 1. The maximum Gasteiger partial charge on any atom is 0.323 e. The second-order valence-corrected chi connectivity index (χ2v) is 6.82. The number of ether oxygens (including phenoxy) is 1. The summed E-state index contributed by atoms with van der Waals surface area (Å²) in [5.74, 6) is -0.431. The minimum Gasteiger partial charge on any atom is -0.457 e. The van der Waals surface area contributed by atoms with E-state index in [2.05, 4.69) is 20.3 Å². The molecular weight excluding hydrogens is 340 g/mol. The zero-order chi connectivity index (χ0) is 19.0. The van der Waals surface area contributed by atoms with Crippen molar-refractivity contribution in [2.75, 3.05) is 12.3 Å². The lowest BCUT2D eigenvalue weighted by atomic mass is 10.0. The van der Waals surface area contributed by atoms with E-state index in [0.717, 1.165) is 0 Å². The van der Waals surface area contributed by atoms with E-state index in [-0.39, 0.29) is 12.5 Å². The minimum absolute atomic E-state index is 0.106. The number of nitrogens with two attached hydrogens (primary N) is 2. The van der Waals surface area contributed by atoms with E-state index in [0.29, 0.717) is 22.4 Å². The van der Waals surface area contributed by atoms with Crippen LogP contribution in [-0.4, -0.2) is 62.0 Å². The Balaban J connectivity index is 1.86. The van der Waals surface area contributed by atoms with E-state index < -0.39 is 36.3 Å². The number of nitrogens with zero attached hydrogens (tertiary/aromatic N) is 2. The first-order valence-corrected chi connectivity index (χ1v) is 8.43. The smallest absolute Gasteiger partial charge is 0.323 e. The van der Waals surface area contributed by atoms with Gasteiger partial charge in [0, 0.05) is 11.8 Å². The second kappa shape index (κ2) is 7.16. The molecule has 8 N–H and O–H groups in total. The summed E-state index contributed by atoms with van der Waals surface area (Å²) in [5, 5.41) is 23.5. The van der Waals surface area contributed by atoms with Crippen molar-refractivity contribution in [1.82, 2.24) is 20.3 Å². The number of aliphatic hydroxyl groups is 2. The molecule has 1 unspecified atom stereocenters. The number of nitrogens with one attached hydrogen (secondary N) is 2. The molecule has 0 saturated carbocycles. The molecule has 2 aromatic heterocycles. The zero-order valence-corrected chi connectivity index (χ0v) is 14.6. The van der Waals surface area contributed by atoms with Crippen LogP contribution in [0, 0.1) is 5.92 Å². The third-order valence-electron chi connectivity index (χ3n) is 4.76. The Hall–Kier alpha value is -2.27. The predicted molar refractivity (Wildman–Crippen MR) is 93.8 cm³/mol. The Bertz CT molecular complexity index is 794. The lowest BCUT2D eigenvalue weighted by Crippen LogP contribution is -2.45. The lowest BCUT2D eigenvalue weighted by Gasteiger charge is -2.23. The molecule has 0 aliphatic carbocycles. The summed E-state index contributed by atoms with van der Waals surface area (Å²) in [7, 11) is 0. The molecule has 1 aliphatic heterocycles. The van der Waals surface area contributed by atoms with Crippen LogP contribution in [0.5, 0.6) is 0 Å². The molecule has 0 radical (unpaired) electrons. The number of hydrogen-bond acceptors (Lipinski definition) is 9. The Labute approximate surface area is 149 Å². The van der Waals surface area contributed by atoms with Crippen LogP contribution in [0.2, 0.25) is 0 Å². The SMILES string of the molecule is CC(C)C(N)C(=O)O[C@H]1[C@@H](O)[C@H](c2c[nH]c3c(N)ncnc23)N[C@@H]1CO. The molecule has 142 valence electrons. The van der Waals surface area contributed by atoms with Crippen LogP contribution in [-0.2, 0) is 9.53 Å². The Morgan fingerprint density at radius 2 is 2.15 bits per heavy atom. The molecule has 0 spiro atoms. The fourth-order valence-electron chi connectivity index (χ4n) is 3.13. The average Bonchev–Trinajstić information content (AvgIpc) is 3.17. The summed E-state index contributed by atoms with van der Waals surface area (Å²) in [6.07, 6.45) is 0.964. The molecule has 10 heteroatoms. The number of carbonyl (C=O) groups is 1. The van der Waals surface area contributed by atoms with Crippen molar-refractivity contribution in [1.29, 1.82) is 0 Å². The molecular formula is C16H24N6O4. The van der Waals surface area contributed by atoms with E-state index in [9.17, 15) is 15.0 Å². The first-order valence-electron chi connectivity index (χ1n) is 8.43. The Morgan fingerprint density at radius 3 is 2.81 bits per heavy atom. The van der Waals surface area contributed by atoms with Crippen molar-refractivity contribution in [2.45, 2.75) is 44.2 Å². The van der Waals surface area contributed by atoms with E-state index in [1.165, 1.54) is 6.33 Å². The molecule has 1 saturated heterocycles. The van der Waals surface area contributed by atoms with Gasteiger partial charge in [0.1, 0.15) is 30.1 Å². The highest BCUT2D eigenvalue weighted by molar-refractivity contribution is 5.87. The fraction of sp³-hybridized carbons (Fsp3) is 0.562. The van der Waals surface area contributed by atoms with E-state index in [1.807, 2.05) is 0 Å². The maximum absolute atomic E-state index is 12.2. The summed E-state index contributed by atoms with van der Waals surface area (Å²) in [4.78, 5) is 23.3. The number of hydrogen-bond donors (Lipinski definition) is 6. The molecule has 1 aliphatic rings. The maximum atomic E-state index is 12.2. The quantitative estimate of drug-likeness (QED) is 0.356. The van der Waals surface area contributed by atoms with Gasteiger partial charge in [0.2, 0.25) is 0 Å². The van der Waals surface area contributed by atoms with Crippen LogP contribution in [0.3, 0.4) is 0 Å². The molecule has 0 bridgehead atoms. The highest BCUT2D eigenvalue weighted by Gasteiger charge is 2.46. The number of anilines is 1. The molecule has 3 rings (SSSR count). The molecule has 0 amide bonds. The van der Waals surface area contributed by atoms with Gasteiger partial charge < -0.3 is 31.4 Å². The van der Waals surface area contributed by atoms with Crippen molar-refractivity contribution in [2.24, 2.45) is 11.7 Å². The summed E-state index contributed by atoms with van der Waals surface area (Å²) >= 11 is 0. The largest absolute Gasteiger partial charge is 0.457 e. The van der Waals surface area contributed by atoms with Gasteiger partial charge in [-0.3, -0.25) is 10.1 Å². The minimum atomic E-state index is -1.09. The first-order chi connectivity index (χ1) is 12.3. The summed E-state index contributed by atoms with van der Waals surface area (Å²) in [6, 6.07) is -2.05. The number of carbonyl (C=O) groups excluding carboxylic acids is 1. The number of H-pyrrole nitrogens is 1. The van der Waals surface area contributed by atoms with Gasteiger partial charge in [0.25, 0.3) is 0 Å². The van der Waals surface area contributed by atoms with Crippen LogP contribution in [0.1, 0.15) is 25.5 Å². The highest BCUT2D eigenvalue weighted by atomic mass is 16.6. The number of aliphatic hydroxyl groups excluding tert-OH is 2. The van der Waals surface area contributed by atoms with Gasteiger partial charge in [-0.25, -0.2) is 9.97 Å². The number of aromatic nitrogens is 3. The summed E-state index contributed by atoms with van der Waals surface area (Å²) < 4.78 is 5.41. The fourth-order valence-corrected chi connectivity index (χ4v) is 3.13. The van der Waals surface area contributed by atoms with Crippen molar-refractivity contribution >= 4 is 22.8 Å². The molecule has 26 heavy (non-hydrogen) atoms. The van der Waals surface area contributed by atoms with Crippen molar-refractivity contribution in [3.8, 4) is 0 Å². The summed E-state index contributed by atoms with van der Waals surface area (Å²) in [6.45, 7) is 3.29. The van der Waals surface area contributed by atoms with Crippen LogP contribution in [0.4, 0.5) is 5.82 Å². The van der Waals surface area contributed by atoms with E-state index in [1.54, 1.807) is 20.0 Å². The van der Waals surface area contributed by atoms with Crippen molar-refractivity contribution in [3.63, 3.8) is 0 Å². The highest BCUT2D eigenvalue weighted by Crippen LogP contribution is 2.33. The molecule has 3 heterocycles. The average molecular weight is 364 g/mol. The van der Waals surface area contributed by atoms with E-state index >= 15 is 0 Å². The summed E-state index contributed by atoms with van der Waals surface area (Å²) in [5.41, 5.74) is 13.4. The number of aromatic amines is 1. The third-order valence-corrected chi connectivity index (χ3v) is 4.76. The first kappa shape index (κ1) is 18.5. The number of nitrogen functional groups attached to an aromatic ring is 1. The number of rotatable bonds is 5. The molecule has 0 aromatic carbocycles. The van der Waals surface area contributed by atoms with Gasteiger partial charge in [-0.05, 0) is 5.92 Å². The van der Waals surface area contributed by atoms with Gasteiger partial charge in [-0.1, -0.05) is 13.8 Å². The molecule has 2 aromatic rings. The van der Waals surface area contributed by atoms with Gasteiger partial charge in [-0.2, -0.15) is 0 Å². The third kappa shape index (κ3) is 3.12. The normalized spacial score (nSPS) is 27.2. The van der Waals surface area contributed by atoms with Gasteiger partial charge in [0.05, 0.1) is 24.2 Å². The van der Waals surface area contributed by atoms with Gasteiger partial charge >= 0.3 is 5.97 Å². The van der Waals surface area contributed by atoms with Crippen LogP contribution in [0.15, 0.2) is 12.5 Å². The van der Waals surface area contributed by atoms with Gasteiger partial charge in [-0.15, -0.1) is 0 Å². The standard InChI is InChI=1S/C16H24N6O4/c1-6(2)9(17)16(25)26-14-8(4-23)22-11(13(14)24)7-3-19-12-10(7)20-5-21-15(12)18/h3,5-6,8-9,11,13-14,19,22-24H,4,17H2,1-2H3,(H2,18,20,21)/t8-,9?,11+,13+,14-/m1/s1. The monoisotopic (exact) mass is 364 g/mol. The second-order valence-electron chi connectivity index (χ2n) is 6.82. The predicted octanol–water partition coefficient (Wildman–Crippen LogP) is -1.20. The van der Waals surface area contributed by atoms with Crippen molar-refractivity contribution < 1.29 is 19.7 Å². The van der Waals surface area contributed by atoms with E-state index in [4.69, 9.17) is 16.2 Å². The van der Waals surface area contributed by atoms with Crippen LogP contribution < -0.4 is 16.8 Å². The van der Waals surface area contributed by atoms with Gasteiger partial charge in [0.15, 0.2) is 5.82 Å². The van der Waals surface area contributed by atoms with Crippen LogP contribution >= 0.6 is 0 Å². The molecule has 5 atom stereocenters. The lowest BCUT2D eigenvalue weighted by molar-refractivity contribution is -0.157. The zero-order valence-electron chi connectivity index (χ0n) is 14.6. The topological polar surface area (TPSA) is 172 Å². The molecule has 10 nitrogen and oxygen atoms in total. The number of esters is 1. The van der Waals surface area contributed by atoms with Crippen molar-refractivity contribution in [3.05, 3.63) is 18.1 Å².